The van der Waals surface area contributed by atoms with Gasteiger partial charge in [0.05, 0.1) is 5.69 Å². The highest BCUT2D eigenvalue weighted by molar-refractivity contribution is 7.99. The summed E-state index contributed by atoms with van der Waals surface area (Å²) < 4.78 is 0. The standard InChI is InChI=1S/C16H16N2OS/c1-12(2)17-16(19)18-14-10-6-7-11-15(14)20-13-8-4-3-5-9-13/h3-11H,1H2,2H3,(H2,17,18,19). The zero-order valence-corrected chi connectivity index (χ0v) is 12.0. The van der Waals surface area contributed by atoms with E-state index in [4.69, 9.17) is 0 Å². The summed E-state index contributed by atoms with van der Waals surface area (Å²) in [5.74, 6) is 0. The van der Waals surface area contributed by atoms with Crippen LogP contribution in [0.25, 0.3) is 0 Å². The fourth-order valence-electron chi connectivity index (χ4n) is 1.62. The van der Waals surface area contributed by atoms with Gasteiger partial charge in [-0.15, -0.1) is 0 Å². The Morgan fingerprint density at radius 1 is 1.05 bits per heavy atom. The molecule has 0 bridgehead atoms. The number of benzene rings is 2. The summed E-state index contributed by atoms with van der Waals surface area (Å²) in [6.07, 6.45) is 0. The molecule has 2 aromatic carbocycles. The second-order valence-corrected chi connectivity index (χ2v) is 5.39. The largest absolute Gasteiger partial charge is 0.323 e. The second-order valence-electron chi connectivity index (χ2n) is 4.27. The Kier molecular flexibility index (Phi) is 4.85. The maximum atomic E-state index is 11.7. The molecule has 4 heteroatoms. The molecular formula is C16H16N2OS. The summed E-state index contributed by atoms with van der Waals surface area (Å²) in [7, 11) is 0. The number of para-hydroxylation sites is 1. The normalized spacial score (nSPS) is 9.85. The molecule has 0 aromatic heterocycles. The molecule has 0 saturated heterocycles. The Bertz CT molecular complexity index is 611. The zero-order chi connectivity index (χ0) is 14.4. The topological polar surface area (TPSA) is 41.1 Å². The molecular weight excluding hydrogens is 268 g/mol. The Balaban J connectivity index is 2.14. The highest BCUT2D eigenvalue weighted by Gasteiger charge is 2.07. The number of rotatable bonds is 4. The Labute approximate surface area is 123 Å². The number of anilines is 1. The van der Waals surface area contributed by atoms with Crippen molar-refractivity contribution in [3.05, 3.63) is 66.9 Å². The third kappa shape index (κ3) is 4.17. The maximum absolute atomic E-state index is 11.7. The monoisotopic (exact) mass is 284 g/mol. The van der Waals surface area contributed by atoms with Crippen LogP contribution < -0.4 is 10.6 Å². The van der Waals surface area contributed by atoms with Crippen LogP contribution >= 0.6 is 11.8 Å². The number of carbonyl (C=O) groups excluding carboxylic acids is 1. The number of nitrogens with one attached hydrogen (secondary N) is 2. The van der Waals surface area contributed by atoms with E-state index in [0.29, 0.717) is 5.70 Å². The van der Waals surface area contributed by atoms with Crippen LogP contribution in [0, 0.1) is 0 Å². The van der Waals surface area contributed by atoms with Gasteiger partial charge in [-0.05, 0) is 31.2 Å². The number of amides is 2. The van der Waals surface area contributed by atoms with E-state index in [-0.39, 0.29) is 6.03 Å². The molecule has 2 aromatic rings. The fourth-order valence-corrected chi connectivity index (χ4v) is 2.54. The van der Waals surface area contributed by atoms with E-state index < -0.39 is 0 Å². The molecule has 0 atom stereocenters. The van der Waals surface area contributed by atoms with E-state index in [9.17, 15) is 4.79 Å². The molecule has 2 amide bonds. The summed E-state index contributed by atoms with van der Waals surface area (Å²) in [6, 6.07) is 17.5. The van der Waals surface area contributed by atoms with Crippen LogP contribution in [0.15, 0.2) is 76.7 Å². The van der Waals surface area contributed by atoms with Crippen molar-refractivity contribution in [1.29, 1.82) is 0 Å². The predicted octanol–water partition coefficient (Wildman–Crippen LogP) is 4.49. The van der Waals surface area contributed by atoms with E-state index in [1.807, 2.05) is 54.6 Å². The van der Waals surface area contributed by atoms with Crippen molar-refractivity contribution in [2.75, 3.05) is 5.32 Å². The van der Waals surface area contributed by atoms with Gasteiger partial charge in [-0.3, -0.25) is 0 Å². The Morgan fingerprint density at radius 2 is 1.70 bits per heavy atom. The molecule has 2 rings (SSSR count). The first-order valence-corrected chi connectivity index (χ1v) is 7.02. The molecule has 0 saturated carbocycles. The third-order valence-corrected chi connectivity index (χ3v) is 3.52. The van der Waals surface area contributed by atoms with Gasteiger partial charge in [0.2, 0.25) is 0 Å². The van der Waals surface area contributed by atoms with E-state index in [1.54, 1.807) is 18.7 Å². The smallest absolute Gasteiger partial charge is 0.312 e. The first kappa shape index (κ1) is 14.2. The van der Waals surface area contributed by atoms with E-state index in [2.05, 4.69) is 17.2 Å². The van der Waals surface area contributed by atoms with Crippen LogP contribution in [0.4, 0.5) is 10.5 Å². The van der Waals surface area contributed by atoms with Crippen LogP contribution in [0.3, 0.4) is 0 Å². The quantitative estimate of drug-likeness (QED) is 0.868. The molecule has 0 spiro atoms. The van der Waals surface area contributed by atoms with Crippen molar-refractivity contribution in [3.8, 4) is 0 Å². The number of hydrogen-bond donors (Lipinski definition) is 2. The zero-order valence-electron chi connectivity index (χ0n) is 11.2. The van der Waals surface area contributed by atoms with Gasteiger partial charge in [-0.25, -0.2) is 4.79 Å². The highest BCUT2D eigenvalue weighted by Crippen LogP contribution is 2.33. The minimum Gasteiger partial charge on any atom is -0.312 e. The molecule has 0 aliphatic heterocycles. The van der Waals surface area contributed by atoms with Gasteiger partial charge in [-0.2, -0.15) is 0 Å². The van der Waals surface area contributed by atoms with Gasteiger partial charge in [0.15, 0.2) is 0 Å². The molecule has 0 aliphatic rings. The summed E-state index contributed by atoms with van der Waals surface area (Å²) >= 11 is 1.61. The minimum atomic E-state index is -0.279. The Morgan fingerprint density at radius 3 is 2.40 bits per heavy atom. The van der Waals surface area contributed by atoms with Gasteiger partial charge >= 0.3 is 6.03 Å². The van der Waals surface area contributed by atoms with E-state index in [1.165, 1.54) is 0 Å². The number of carbonyl (C=O) groups is 1. The van der Waals surface area contributed by atoms with Crippen molar-refractivity contribution >= 4 is 23.5 Å². The Hall–Kier alpha value is -2.20. The summed E-state index contributed by atoms with van der Waals surface area (Å²) in [5, 5.41) is 5.46. The fraction of sp³-hybridized carbons (Fsp3) is 0.0625. The van der Waals surface area contributed by atoms with Gasteiger partial charge in [0.1, 0.15) is 0 Å². The van der Waals surface area contributed by atoms with Crippen LogP contribution in [-0.4, -0.2) is 6.03 Å². The summed E-state index contributed by atoms with van der Waals surface area (Å²) in [6.45, 7) is 5.39. The summed E-state index contributed by atoms with van der Waals surface area (Å²) in [5.41, 5.74) is 1.38. The van der Waals surface area contributed by atoms with Crippen LogP contribution in [0.5, 0.6) is 0 Å². The first-order valence-electron chi connectivity index (χ1n) is 6.20. The molecule has 0 unspecified atom stereocenters. The molecule has 0 radical (unpaired) electrons. The lowest BCUT2D eigenvalue weighted by molar-refractivity contribution is 0.254. The molecule has 102 valence electrons. The van der Waals surface area contributed by atoms with E-state index in [0.717, 1.165) is 15.5 Å². The van der Waals surface area contributed by atoms with Crippen molar-refractivity contribution in [1.82, 2.24) is 5.32 Å². The highest BCUT2D eigenvalue weighted by atomic mass is 32.2. The van der Waals surface area contributed by atoms with Gasteiger partial charge in [0.25, 0.3) is 0 Å². The lowest BCUT2D eigenvalue weighted by Gasteiger charge is -2.11. The van der Waals surface area contributed by atoms with Crippen LogP contribution in [-0.2, 0) is 0 Å². The molecule has 0 aliphatic carbocycles. The van der Waals surface area contributed by atoms with Crippen LogP contribution in [0.2, 0.25) is 0 Å². The average molecular weight is 284 g/mol. The summed E-state index contributed by atoms with van der Waals surface area (Å²) in [4.78, 5) is 13.9. The lowest BCUT2D eigenvalue weighted by atomic mass is 10.3. The second kappa shape index (κ2) is 6.82. The SMILES string of the molecule is C=C(C)NC(=O)Nc1ccccc1Sc1ccccc1. The van der Waals surface area contributed by atoms with Crippen molar-refractivity contribution < 1.29 is 4.79 Å². The number of hydrogen-bond acceptors (Lipinski definition) is 2. The van der Waals surface area contributed by atoms with Gasteiger partial charge in [0, 0.05) is 15.5 Å². The molecule has 0 fully saturated rings. The molecule has 2 N–H and O–H groups in total. The van der Waals surface area contributed by atoms with Gasteiger partial charge < -0.3 is 10.6 Å². The lowest BCUT2D eigenvalue weighted by Crippen LogP contribution is -2.26. The molecule has 3 nitrogen and oxygen atoms in total. The number of urea groups is 1. The third-order valence-electron chi connectivity index (χ3n) is 2.43. The van der Waals surface area contributed by atoms with Gasteiger partial charge in [-0.1, -0.05) is 48.7 Å². The van der Waals surface area contributed by atoms with Crippen molar-refractivity contribution in [2.24, 2.45) is 0 Å². The maximum Gasteiger partial charge on any atom is 0.323 e. The first-order chi connectivity index (χ1) is 9.65. The molecule has 20 heavy (non-hydrogen) atoms. The van der Waals surface area contributed by atoms with Crippen molar-refractivity contribution in [2.45, 2.75) is 16.7 Å². The van der Waals surface area contributed by atoms with Crippen LogP contribution in [0.1, 0.15) is 6.92 Å². The van der Waals surface area contributed by atoms with E-state index >= 15 is 0 Å². The van der Waals surface area contributed by atoms with Crippen molar-refractivity contribution in [3.63, 3.8) is 0 Å². The number of allylic oxidation sites excluding steroid dienone is 1. The minimum absolute atomic E-state index is 0.279. The predicted molar refractivity (Wildman–Crippen MR) is 84.0 cm³/mol. The average Bonchev–Trinajstić information content (AvgIpc) is 2.41. The molecule has 0 heterocycles.